The SMILES string of the molecule is Cc1cc([C@H](Cc2ccc(C)c(CNCCC(=O)O)c2C)C(F)(F)F)ccc1Cl. The molecule has 2 aromatic rings. The first kappa shape index (κ1) is 23.2. The molecule has 1 atom stereocenters. The van der Waals surface area contributed by atoms with Crippen molar-refractivity contribution in [3.05, 3.63) is 68.7 Å². The monoisotopic (exact) mass is 427 g/mol. The Morgan fingerprint density at radius 3 is 2.41 bits per heavy atom. The fraction of sp³-hybridized carbons (Fsp3) is 0.409. The predicted molar refractivity (Wildman–Crippen MR) is 109 cm³/mol. The molecule has 0 radical (unpaired) electrons. The highest BCUT2D eigenvalue weighted by Crippen LogP contribution is 2.39. The lowest BCUT2D eigenvalue weighted by Gasteiger charge is -2.23. The maximum absolute atomic E-state index is 13.9. The molecule has 0 bridgehead atoms. The van der Waals surface area contributed by atoms with Crippen molar-refractivity contribution >= 4 is 17.6 Å². The molecule has 0 spiro atoms. The van der Waals surface area contributed by atoms with Gasteiger partial charge in [0.25, 0.3) is 0 Å². The van der Waals surface area contributed by atoms with Crippen LogP contribution >= 0.6 is 11.6 Å². The van der Waals surface area contributed by atoms with E-state index in [1.165, 1.54) is 18.2 Å². The van der Waals surface area contributed by atoms with Crippen LogP contribution < -0.4 is 5.32 Å². The van der Waals surface area contributed by atoms with E-state index >= 15 is 0 Å². The van der Waals surface area contributed by atoms with Crippen LogP contribution in [0.15, 0.2) is 30.3 Å². The first-order valence-corrected chi connectivity index (χ1v) is 9.71. The number of aliphatic carboxylic acids is 1. The zero-order valence-corrected chi connectivity index (χ0v) is 17.4. The van der Waals surface area contributed by atoms with E-state index in [1.54, 1.807) is 13.0 Å². The Kier molecular flexibility index (Phi) is 7.72. The summed E-state index contributed by atoms with van der Waals surface area (Å²) in [6.45, 7) is 6.12. The number of rotatable bonds is 8. The van der Waals surface area contributed by atoms with Gasteiger partial charge < -0.3 is 10.4 Å². The number of carbonyl (C=O) groups is 1. The summed E-state index contributed by atoms with van der Waals surface area (Å²) in [7, 11) is 0. The molecule has 0 aliphatic carbocycles. The third-order valence-corrected chi connectivity index (χ3v) is 5.59. The van der Waals surface area contributed by atoms with Gasteiger partial charge in [0.05, 0.1) is 12.3 Å². The Morgan fingerprint density at radius 1 is 1.14 bits per heavy atom. The summed E-state index contributed by atoms with van der Waals surface area (Å²) in [5.41, 5.74) is 4.09. The molecule has 0 fully saturated rings. The molecule has 158 valence electrons. The molecule has 0 saturated carbocycles. The summed E-state index contributed by atoms with van der Waals surface area (Å²) in [5.74, 6) is -2.53. The molecular formula is C22H25ClF3NO2. The molecule has 0 aliphatic rings. The summed E-state index contributed by atoms with van der Waals surface area (Å²) < 4.78 is 41.6. The number of hydrogen-bond acceptors (Lipinski definition) is 2. The number of aryl methyl sites for hydroxylation is 2. The van der Waals surface area contributed by atoms with Gasteiger partial charge in [-0.05, 0) is 66.6 Å². The second-order valence-corrected chi connectivity index (χ2v) is 7.68. The number of hydrogen-bond donors (Lipinski definition) is 2. The van der Waals surface area contributed by atoms with Crippen LogP contribution in [-0.4, -0.2) is 23.8 Å². The Bertz CT molecular complexity index is 881. The number of carboxylic acid groups (broad SMARTS) is 1. The van der Waals surface area contributed by atoms with E-state index in [0.29, 0.717) is 29.2 Å². The minimum atomic E-state index is -4.39. The molecule has 0 aliphatic heterocycles. The van der Waals surface area contributed by atoms with Crippen LogP contribution in [0.2, 0.25) is 5.02 Å². The molecule has 7 heteroatoms. The smallest absolute Gasteiger partial charge is 0.396 e. The Labute approximate surface area is 173 Å². The van der Waals surface area contributed by atoms with Gasteiger partial charge >= 0.3 is 12.1 Å². The van der Waals surface area contributed by atoms with Gasteiger partial charge in [-0.25, -0.2) is 0 Å². The van der Waals surface area contributed by atoms with Crippen molar-refractivity contribution in [2.24, 2.45) is 0 Å². The quantitative estimate of drug-likeness (QED) is 0.530. The molecule has 2 rings (SSSR count). The Hall–Kier alpha value is -2.05. The predicted octanol–water partition coefficient (Wildman–Crippen LogP) is 5.72. The lowest BCUT2D eigenvalue weighted by Crippen LogP contribution is -2.24. The zero-order chi connectivity index (χ0) is 21.8. The van der Waals surface area contributed by atoms with Crippen molar-refractivity contribution in [3.63, 3.8) is 0 Å². The average Bonchev–Trinajstić information content (AvgIpc) is 2.61. The van der Waals surface area contributed by atoms with Crippen molar-refractivity contribution in [1.29, 1.82) is 0 Å². The number of benzene rings is 2. The molecule has 29 heavy (non-hydrogen) atoms. The van der Waals surface area contributed by atoms with Crippen molar-refractivity contribution in [2.45, 2.75) is 52.3 Å². The molecule has 0 heterocycles. The second-order valence-electron chi connectivity index (χ2n) is 7.27. The van der Waals surface area contributed by atoms with Gasteiger partial charge in [-0.3, -0.25) is 4.79 Å². The van der Waals surface area contributed by atoms with E-state index < -0.39 is 18.1 Å². The van der Waals surface area contributed by atoms with Crippen LogP contribution in [0, 0.1) is 20.8 Å². The molecular weight excluding hydrogens is 403 g/mol. The second kappa shape index (κ2) is 9.63. The molecule has 2 N–H and O–H groups in total. The molecule has 0 amide bonds. The fourth-order valence-corrected chi connectivity index (χ4v) is 3.49. The highest BCUT2D eigenvalue weighted by atomic mass is 35.5. The van der Waals surface area contributed by atoms with Crippen LogP contribution in [0.3, 0.4) is 0 Å². The van der Waals surface area contributed by atoms with Crippen LogP contribution in [0.4, 0.5) is 13.2 Å². The van der Waals surface area contributed by atoms with Gasteiger partial charge in [-0.15, -0.1) is 0 Å². The van der Waals surface area contributed by atoms with Gasteiger partial charge in [-0.1, -0.05) is 35.9 Å². The minimum absolute atomic E-state index is 0.0101. The summed E-state index contributed by atoms with van der Waals surface area (Å²) in [5, 5.41) is 12.2. The first-order chi connectivity index (χ1) is 13.5. The number of nitrogens with one attached hydrogen (secondary N) is 1. The van der Waals surface area contributed by atoms with Gasteiger partial charge in [0.2, 0.25) is 0 Å². The van der Waals surface area contributed by atoms with Crippen molar-refractivity contribution in [1.82, 2.24) is 5.32 Å². The lowest BCUT2D eigenvalue weighted by atomic mass is 9.87. The van der Waals surface area contributed by atoms with Gasteiger partial charge in [0.1, 0.15) is 0 Å². The van der Waals surface area contributed by atoms with E-state index in [0.717, 1.165) is 16.7 Å². The van der Waals surface area contributed by atoms with Gasteiger partial charge in [-0.2, -0.15) is 13.2 Å². The highest BCUT2D eigenvalue weighted by Gasteiger charge is 2.41. The number of halogens is 4. The van der Waals surface area contributed by atoms with E-state index in [-0.39, 0.29) is 18.4 Å². The topological polar surface area (TPSA) is 49.3 Å². The zero-order valence-electron chi connectivity index (χ0n) is 16.7. The van der Waals surface area contributed by atoms with Crippen LogP contribution in [0.5, 0.6) is 0 Å². The normalized spacial score (nSPS) is 12.8. The average molecular weight is 428 g/mol. The summed E-state index contributed by atoms with van der Waals surface area (Å²) >= 11 is 5.98. The lowest BCUT2D eigenvalue weighted by molar-refractivity contribution is -0.150. The Balaban J connectivity index is 2.30. The standard InChI is InChI=1S/C22H25ClF3NO2/c1-13-4-5-16(15(3)18(13)12-27-9-8-21(28)29)11-19(22(24,25)26)17-6-7-20(23)14(2)10-17/h4-7,10,19,27H,8-9,11-12H2,1-3H3,(H,28,29)/t19-/m0/s1. The van der Waals surface area contributed by atoms with E-state index in [1.807, 2.05) is 19.9 Å². The van der Waals surface area contributed by atoms with Gasteiger partial charge in [0, 0.05) is 18.1 Å². The molecule has 0 saturated heterocycles. The summed E-state index contributed by atoms with van der Waals surface area (Å²) in [6, 6.07) is 8.00. The van der Waals surface area contributed by atoms with Crippen LogP contribution in [0.1, 0.15) is 45.7 Å². The molecule has 0 aromatic heterocycles. The maximum Gasteiger partial charge on any atom is 0.396 e. The van der Waals surface area contributed by atoms with E-state index in [4.69, 9.17) is 16.7 Å². The van der Waals surface area contributed by atoms with Crippen LogP contribution in [0.25, 0.3) is 0 Å². The van der Waals surface area contributed by atoms with E-state index in [2.05, 4.69) is 5.32 Å². The molecule has 2 aromatic carbocycles. The van der Waals surface area contributed by atoms with Crippen molar-refractivity contribution < 1.29 is 23.1 Å². The minimum Gasteiger partial charge on any atom is -0.481 e. The number of alkyl halides is 3. The van der Waals surface area contributed by atoms with Crippen molar-refractivity contribution in [2.75, 3.05) is 6.54 Å². The first-order valence-electron chi connectivity index (χ1n) is 9.34. The molecule has 0 unspecified atom stereocenters. The summed E-state index contributed by atoms with van der Waals surface area (Å²) in [4.78, 5) is 10.6. The van der Waals surface area contributed by atoms with Gasteiger partial charge in [0.15, 0.2) is 0 Å². The highest BCUT2D eigenvalue weighted by molar-refractivity contribution is 6.31. The third kappa shape index (κ3) is 6.21. The van der Waals surface area contributed by atoms with E-state index in [9.17, 15) is 18.0 Å². The Morgan fingerprint density at radius 2 is 1.83 bits per heavy atom. The third-order valence-electron chi connectivity index (χ3n) is 5.17. The fourth-order valence-electron chi connectivity index (χ4n) is 3.37. The summed E-state index contributed by atoms with van der Waals surface area (Å²) in [6.07, 6.45) is -4.57. The largest absolute Gasteiger partial charge is 0.481 e. The van der Waals surface area contributed by atoms with Crippen LogP contribution in [-0.2, 0) is 17.8 Å². The molecule has 3 nitrogen and oxygen atoms in total. The maximum atomic E-state index is 13.9. The number of carboxylic acids is 1. The van der Waals surface area contributed by atoms with Crippen molar-refractivity contribution in [3.8, 4) is 0 Å².